The van der Waals surface area contributed by atoms with E-state index in [0.29, 0.717) is 17.3 Å². The van der Waals surface area contributed by atoms with Crippen LogP contribution in [0.5, 0.6) is 0 Å². The smallest absolute Gasteiger partial charge is 0.260 e. The second-order valence-electron chi connectivity index (χ2n) is 6.23. The number of nitrogens with zero attached hydrogens (tertiary/aromatic N) is 2. The predicted octanol–water partition coefficient (Wildman–Crippen LogP) is 2.80. The molecule has 5 nitrogen and oxygen atoms in total. The lowest BCUT2D eigenvalue weighted by atomic mass is 9.95. The zero-order valence-corrected chi connectivity index (χ0v) is 13.5. The lowest BCUT2D eigenvalue weighted by molar-refractivity contribution is -0.125. The maximum atomic E-state index is 12.7. The highest BCUT2D eigenvalue weighted by Gasteiger charge is 2.23. The molecule has 1 saturated carbocycles. The number of hydrogen-bond acceptors (Lipinski definition) is 3. The van der Waals surface area contributed by atoms with Crippen LogP contribution in [0.1, 0.15) is 51.5 Å². The molecule has 0 saturated heterocycles. The first-order chi connectivity index (χ1) is 11.2. The van der Waals surface area contributed by atoms with Crippen LogP contribution in [0.4, 0.5) is 0 Å². The first-order valence-electron chi connectivity index (χ1n) is 8.47. The van der Waals surface area contributed by atoms with Crippen molar-refractivity contribution in [1.29, 1.82) is 0 Å². The van der Waals surface area contributed by atoms with Gasteiger partial charge < -0.3 is 9.88 Å². The average molecular weight is 313 g/mol. The van der Waals surface area contributed by atoms with Gasteiger partial charge in [-0.05, 0) is 37.5 Å². The monoisotopic (exact) mass is 313 g/mol. The third kappa shape index (κ3) is 3.28. The van der Waals surface area contributed by atoms with Crippen molar-refractivity contribution in [2.45, 2.75) is 57.5 Å². The predicted molar refractivity (Wildman–Crippen MR) is 90.3 cm³/mol. The number of hydrogen-bond donors (Lipinski definition) is 1. The van der Waals surface area contributed by atoms with Crippen molar-refractivity contribution in [3.63, 3.8) is 0 Å². The summed E-state index contributed by atoms with van der Waals surface area (Å²) < 4.78 is 1.54. The van der Waals surface area contributed by atoms with Gasteiger partial charge in [0.2, 0.25) is 5.91 Å². The van der Waals surface area contributed by atoms with E-state index in [1.165, 1.54) is 19.3 Å². The van der Waals surface area contributed by atoms with Gasteiger partial charge in [0, 0.05) is 18.4 Å². The Kier molecular flexibility index (Phi) is 4.74. The summed E-state index contributed by atoms with van der Waals surface area (Å²) in [7, 11) is 0. The molecule has 5 heteroatoms. The van der Waals surface area contributed by atoms with Crippen LogP contribution in [0.25, 0.3) is 10.9 Å². The van der Waals surface area contributed by atoms with E-state index in [2.05, 4.69) is 10.3 Å². The molecular formula is C18H23N3O2. The minimum atomic E-state index is -0.464. The van der Waals surface area contributed by atoms with Crippen molar-refractivity contribution in [3.05, 3.63) is 40.9 Å². The Bertz CT molecular complexity index is 747. The molecule has 1 fully saturated rings. The van der Waals surface area contributed by atoms with Gasteiger partial charge in [-0.2, -0.15) is 0 Å². The molecule has 3 rings (SSSR count). The second kappa shape index (κ2) is 6.94. The highest BCUT2D eigenvalue weighted by atomic mass is 16.2. The number of amides is 1. The molecule has 1 N–H and O–H groups in total. The Morgan fingerprint density at radius 3 is 2.87 bits per heavy atom. The number of rotatable bonds is 4. The molecule has 0 aliphatic heterocycles. The summed E-state index contributed by atoms with van der Waals surface area (Å²) in [6.45, 7) is 1.94. The van der Waals surface area contributed by atoms with Gasteiger partial charge in [0.05, 0.1) is 10.9 Å². The van der Waals surface area contributed by atoms with Gasteiger partial charge in [0.1, 0.15) is 6.04 Å². The van der Waals surface area contributed by atoms with Crippen molar-refractivity contribution < 1.29 is 4.79 Å². The molecule has 2 aromatic heterocycles. The van der Waals surface area contributed by atoms with Crippen LogP contribution in [-0.4, -0.2) is 21.5 Å². The van der Waals surface area contributed by atoms with Crippen molar-refractivity contribution in [2.24, 2.45) is 0 Å². The fraction of sp³-hybridized carbons (Fsp3) is 0.500. The fourth-order valence-corrected chi connectivity index (χ4v) is 3.39. The summed E-state index contributed by atoms with van der Waals surface area (Å²) in [6, 6.07) is 5.09. The summed E-state index contributed by atoms with van der Waals surface area (Å²) in [6.07, 6.45) is 9.61. The van der Waals surface area contributed by atoms with E-state index in [1.54, 1.807) is 35.2 Å². The van der Waals surface area contributed by atoms with Crippen molar-refractivity contribution >= 4 is 16.8 Å². The molecule has 1 amide bonds. The highest BCUT2D eigenvalue weighted by molar-refractivity contribution is 5.82. The van der Waals surface area contributed by atoms with E-state index in [0.717, 1.165) is 12.8 Å². The minimum absolute atomic E-state index is 0.0512. The van der Waals surface area contributed by atoms with E-state index in [-0.39, 0.29) is 17.5 Å². The molecule has 0 spiro atoms. The van der Waals surface area contributed by atoms with Crippen molar-refractivity contribution in [2.75, 3.05) is 0 Å². The zero-order valence-electron chi connectivity index (χ0n) is 13.5. The average Bonchev–Trinajstić information content (AvgIpc) is 2.58. The molecule has 2 aromatic rings. The summed E-state index contributed by atoms with van der Waals surface area (Å²) in [5, 5.41) is 3.68. The van der Waals surface area contributed by atoms with E-state index in [4.69, 9.17) is 0 Å². The first kappa shape index (κ1) is 15.7. The zero-order chi connectivity index (χ0) is 16.2. The molecule has 1 aliphatic rings. The Morgan fingerprint density at radius 1 is 1.35 bits per heavy atom. The lowest BCUT2D eigenvalue weighted by Gasteiger charge is -2.26. The third-order valence-electron chi connectivity index (χ3n) is 4.67. The number of carbonyl (C=O) groups is 1. The lowest BCUT2D eigenvalue weighted by Crippen LogP contribution is -2.42. The van der Waals surface area contributed by atoms with E-state index in [9.17, 15) is 9.59 Å². The van der Waals surface area contributed by atoms with Crippen LogP contribution in [-0.2, 0) is 4.79 Å². The molecule has 1 aliphatic carbocycles. The van der Waals surface area contributed by atoms with Crippen LogP contribution >= 0.6 is 0 Å². The SMILES string of the molecule is CC[C@H](C(=O)NC1CCCCC1)n1ccc2ncccc2c1=O. The summed E-state index contributed by atoms with van der Waals surface area (Å²) in [4.78, 5) is 29.5. The van der Waals surface area contributed by atoms with Crippen LogP contribution in [0.15, 0.2) is 35.4 Å². The molecule has 0 aromatic carbocycles. The third-order valence-corrected chi connectivity index (χ3v) is 4.67. The number of pyridine rings is 2. The normalized spacial score (nSPS) is 17.1. The van der Waals surface area contributed by atoms with Gasteiger partial charge in [-0.15, -0.1) is 0 Å². The largest absolute Gasteiger partial charge is 0.352 e. The number of nitrogens with one attached hydrogen (secondary N) is 1. The molecule has 122 valence electrons. The second-order valence-corrected chi connectivity index (χ2v) is 6.23. The Labute approximate surface area is 135 Å². The van der Waals surface area contributed by atoms with Gasteiger partial charge in [-0.25, -0.2) is 0 Å². The Hall–Kier alpha value is -2.17. The molecule has 0 unspecified atom stereocenters. The fourth-order valence-electron chi connectivity index (χ4n) is 3.39. The van der Waals surface area contributed by atoms with Gasteiger partial charge in [-0.1, -0.05) is 26.2 Å². The maximum Gasteiger partial charge on any atom is 0.260 e. The Morgan fingerprint density at radius 2 is 2.13 bits per heavy atom. The van der Waals surface area contributed by atoms with Gasteiger partial charge >= 0.3 is 0 Å². The number of aromatic nitrogens is 2. The minimum Gasteiger partial charge on any atom is -0.352 e. The van der Waals surface area contributed by atoms with Gasteiger partial charge in [0.25, 0.3) is 5.56 Å². The van der Waals surface area contributed by atoms with E-state index < -0.39 is 6.04 Å². The quantitative estimate of drug-likeness (QED) is 0.944. The van der Waals surface area contributed by atoms with E-state index in [1.807, 2.05) is 6.92 Å². The summed E-state index contributed by atoms with van der Waals surface area (Å²) in [5.41, 5.74) is 0.512. The van der Waals surface area contributed by atoms with Crippen LogP contribution in [0.3, 0.4) is 0 Å². The molecule has 23 heavy (non-hydrogen) atoms. The topological polar surface area (TPSA) is 64.0 Å². The van der Waals surface area contributed by atoms with Crippen molar-refractivity contribution in [1.82, 2.24) is 14.9 Å². The molecule has 0 bridgehead atoms. The number of fused-ring (bicyclic) bond motifs is 1. The molecular weight excluding hydrogens is 290 g/mol. The highest BCUT2D eigenvalue weighted by Crippen LogP contribution is 2.19. The summed E-state index contributed by atoms with van der Waals surface area (Å²) >= 11 is 0. The molecule has 0 radical (unpaired) electrons. The maximum absolute atomic E-state index is 12.7. The van der Waals surface area contributed by atoms with Crippen LogP contribution in [0, 0.1) is 0 Å². The van der Waals surface area contributed by atoms with Crippen molar-refractivity contribution in [3.8, 4) is 0 Å². The van der Waals surface area contributed by atoms with Gasteiger partial charge in [-0.3, -0.25) is 14.6 Å². The number of carbonyl (C=O) groups excluding carboxylic acids is 1. The van der Waals surface area contributed by atoms with Gasteiger partial charge in [0.15, 0.2) is 0 Å². The molecule has 1 atom stereocenters. The standard InChI is InChI=1S/C18H23N3O2/c1-2-16(17(22)20-13-7-4-3-5-8-13)21-12-10-15-14(18(21)23)9-6-11-19-15/h6,9-13,16H,2-5,7-8H2,1H3,(H,20,22)/t16-/m1/s1. The summed E-state index contributed by atoms with van der Waals surface area (Å²) in [5.74, 6) is -0.0512. The Balaban J connectivity index is 1.86. The molecule has 2 heterocycles. The first-order valence-corrected chi connectivity index (χ1v) is 8.47. The van der Waals surface area contributed by atoms with Crippen LogP contribution < -0.4 is 10.9 Å². The van der Waals surface area contributed by atoms with Crippen LogP contribution in [0.2, 0.25) is 0 Å². The van der Waals surface area contributed by atoms with E-state index >= 15 is 0 Å².